The van der Waals surface area contributed by atoms with Crippen molar-refractivity contribution in [1.29, 1.82) is 0 Å². The molecule has 1 atom stereocenters. The Morgan fingerprint density at radius 3 is 3.05 bits per heavy atom. The minimum atomic E-state index is -1.03. The third-order valence-corrected chi connectivity index (χ3v) is 3.33. The molecule has 0 amide bonds. The molecule has 104 valence electrons. The molecule has 0 aromatic carbocycles. The van der Waals surface area contributed by atoms with E-state index in [0.29, 0.717) is 21.6 Å². The molecule has 0 unspecified atom stereocenters. The highest BCUT2D eigenvalue weighted by Gasteiger charge is 2.25. The Bertz CT molecular complexity index is 681. The van der Waals surface area contributed by atoms with Crippen molar-refractivity contribution in [3.8, 4) is 5.75 Å². The first-order valence-electron chi connectivity index (χ1n) is 5.82. The van der Waals surface area contributed by atoms with Gasteiger partial charge in [0, 0.05) is 5.56 Å². The molecule has 0 spiro atoms. The number of halogens is 1. The van der Waals surface area contributed by atoms with Gasteiger partial charge in [-0.3, -0.25) is 4.98 Å². The Balaban J connectivity index is 1.88. The van der Waals surface area contributed by atoms with Gasteiger partial charge in [0.1, 0.15) is 0 Å². The van der Waals surface area contributed by atoms with Crippen LogP contribution < -0.4 is 4.74 Å². The number of carbonyl (C=O) groups excluding carboxylic acids is 1. The predicted octanol–water partition coefficient (Wildman–Crippen LogP) is 2.49. The minimum absolute atomic E-state index is 0.0774. The average molecular weight is 340 g/mol. The number of aliphatic hydroxyl groups excluding tert-OH is 1. The summed E-state index contributed by atoms with van der Waals surface area (Å²) in [7, 11) is 0. The second kappa shape index (κ2) is 5.01. The third-order valence-electron chi connectivity index (χ3n) is 2.90. The zero-order valence-corrected chi connectivity index (χ0v) is 12.0. The highest BCUT2D eigenvalue weighted by molar-refractivity contribution is 9.10. The molecule has 3 rings (SSSR count). The lowest BCUT2D eigenvalue weighted by atomic mass is 10.2. The van der Waals surface area contributed by atoms with E-state index in [0.717, 1.165) is 0 Å². The standard InChI is InChI=1S/C13H10BrNO5/c1-6-10(4-7-8(15-6)5-18-12(7)16)20-13(17)9-2-3-11(14)19-9/h2-4,12,16H,5H2,1H3/t12-/m1/s1. The molecular formula is C13H10BrNO5. The summed E-state index contributed by atoms with van der Waals surface area (Å²) in [6, 6.07) is 4.66. The number of aryl methyl sites for hydroxylation is 1. The van der Waals surface area contributed by atoms with Crippen LogP contribution in [0.3, 0.4) is 0 Å². The highest BCUT2D eigenvalue weighted by atomic mass is 79.9. The van der Waals surface area contributed by atoms with Crippen molar-refractivity contribution in [1.82, 2.24) is 4.98 Å². The van der Waals surface area contributed by atoms with E-state index in [9.17, 15) is 9.90 Å². The number of hydrogen-bond acceptors (Lipinski definition) is 6. The van der Waals surface area contributed by atoms with E-state index in [1.165, 1.54) is 6.07 Å². The van der Waals surface area contributed by atoms with Crippen LogP contribution in [0.4, 0.5) is 0 Å². The first-order chi connectivity index (χ1) is 9.54. The van der Waals surface area contributed by atoms with Crippen LogP contribution in [0.1, 0.15) is 33.8 Å². The molecule has 2 aromatic rings. The van der Waals surface area contributed by atoms with Gasteiger partial charge in [0.2, 0.25) is 5.76 Å². The molecule has 0 radical (unpaired) electrons. The maximum Gasteiger partial charge on any atom is 0.379 e. The molecule has 0 aliphatic carbocycles. The summed E-state index contributed by atoms with van der Waals surface area (Å²) in [6.07, 6.45) is -1.03. The molecule has 0 saturated carbocycles. The Labute approximate surface area is 122 Å². The maximum absolute atomic E-state index is 11.9. The zero-order valence-electron chi connectivity index (χ0n) is 10.4. The van der Waals surface area contributed by atoms with Crippen molar-refractivity contribution in [3.05, 3.63) is 45.6 Å². The van der Waals surface area contributed by atoms with E-state index in [1.54, 1.807) is 19.1 Å². The zero-order chi connectivity index (χ0) is 14.3. The second-order valence-electron chi connectivity index (χ2n) is 4.26. The Morgan fingerprint density at radius 2 is 2.35 bits per heavy atom. The van der Waals surface area contributed by atoms with Gasteiger partial charge in [-0.2, -0.15) is 0 Å². The highest BCUT2D eigenvalue weighted by Crippen LogP contribution is 2.32. The number of nitrogens with zero attached hydrogens (tertiary/aromatic N) is 1. The summed E-state index contributed by atoms with van der Waals surface area (Å²) in [6.45, 7) is 1.96. The molecule has 0 bridgehead atoms. The van der Waals surface area contributed by atoms with E-state index in [2.05, 4.69) is 20.9 Å². The minimum Gasteiger partial charge on any atom is -0.442 e. The van der Waals surface area contributed by atoms with E-state index in [-0.39, 0.29) is 18.1 Å². The van der Waals surface area contributed by atoms with Crippen LogP contribution in [0.2, 0.25) is 0 Å². The van der Waals surface area contributed by atoms with E-state index in [4.69, 9.17) is 13.9 Å². The molecule has 6 nitrogen and oxygen atoms in total. The topological polar surface area (TPSA) is 81.8 Å². The van der Waals surface area contributed by atoms with Gasteiger partial charge in [0.15, 0.2) is 16.7 Å². The van der Waals surface area contributed by atoms with Gasteiger partial charge in [0.25, 0.3) is 0 Å². The molecule has 20 heavy (non-hydrogen) atoms. The van der Waals surface area contributed by atoms with Crippen molar-refractivity contribution >= 4 is 21.9 Å². The Kier molecular flexibility index (Phi) is 3.33. The molecule has 1 N–H and O–H groups in total. The molecule has 1 aliphatic rings. The molecule has 7 heteroatoms. The SMILES string of the molecule is Cc1nc2c(cc1OC(=O)c1ccc(Br)o1)[C@H](O)OC2. The van der Waals surface area contributed by atoms with Gasteiger partial charge >= 0.3 is 5.97 Å². The molecule has 2 aromatic heterocycles. The summed E-state index contributed by atoms with van der Waals surface area (Å²) in [5.41, 5.74) is 1.70. The van der Waals surface area contributed by atoms with Gasteiger partial charge in [-0.1, -0.05) is 0 Å². The molecule has 3 heterocycles. The smallest absolute Gasteiger partial charge is 0.379 e. The fourth-order valence-corrected chi connectivity index (χ4v) is 2.21. The van der Waals surface area contributed by atoms with Crippen LogP contribution in [0.15, 0.2) is 27.3 Å². The van der Waals surface area contributed by atoms with Crippen LogP contribution >= 0.6 is 15.9 Å². The van der Waals surface area contributed by atoms with Crippen molar-refractivity contribution in [2.75, 3.05) is 0 Å². The molecule has 1 aliphatic heterocycles. The fourth-order valence-electron chi connectivity index (χ4n) is 1.91. The van der Waals surface area contributed by atoms with Crippen LogP contribution in [0.25, 0.3) is 0 Å². The monoisotopic (exact) mass is 339 g/mol. The number of rotatable bonds is 2. The lowest BCUT2D eigenvalue weighted by molar-refractivity contribution is -0.0921. The van der Waals surface area contributed by atoms with Gasteiger partial charge in [-0.05, 0) is 41.1 Å². The summed E-state index contributed by atoms with van der Waals surface area (Å²) >= 11 is 3.11. The fraction of sp³-hybridized carbons (Fsp3) is 0.231. The predicted molar refractivity (Wildman–Crippen MR) is 70.1 cm³/mol. The van der Waals surface area contributed by atoms with Crippen LogP contribution in [-0.4, -0.2) is 16.1 Å². The Hall–Kier alpha value is -1.70. The summed E-state index contributed by atoms with van der Waals surface area (Å²) in [5, 5.41) is 9.62. The third kappa shape index (κ3) is 2.35. The van der Waals surface area contributed by atoms with Crippen LogP contribution in [0.5, 0.6) is 5.75 Å². The first kappa shape index (κ1) is 13.3. The molecular weight excluding hydrogens is 330 g/mol. The molecule has 0 saturated heterocycles. The van der Waals surface area contributed by atoms with Gasteiger partial charge in [0.05, 0.1) is 18.0 Å². The van der Waals surface area contributed by atoms with Crippen molar-refractivity contribution < 1.29 is 23.8 Å². The number of pyridine rings is 1. The normalized spacial score (nSPS) is 17.1. The van der Waals surface area contributed by atoms with Gasteiger partial charge in [-0.25, -0.2) is 4.79 Å². The van der Waals surface area contributed by atoms with Crippen molar-refractivity contribution in [2.45, 2.75) is 19.8 Å². The second-order valence-corrected chi connectivity index (χ2v) is 5.05. The summed E-state index contributed by atoms with van der Waals surface area (Å²) in [5.74, 6) is -0.284. The van der Waals surface area contributed by atoms with E-state index in [1.807, 2.05) is 0 Å². The number of esters is 1. The maximum atomic E-state index is 11.9. The van der Waals surface area contributed by atoms with Crippen LogP contribution in [0, 0.1) is 6.92 Å². The quantitative estimate of drug-likeness (QED) is 0.846. The number of aliphatic hydroxyl groups is 1. The van der Waals surface area contributed by atoms with E-state index < -0.39 is 12.3 Å². The first-order valence-corrected chi connectivity index (χ1v) is 6.61. The van der Waals surface area contributed by atoms with Gasteiger partial charge < -0.3 is 19.0 Å². The lowest BCUT2D eigenvalue weighted by Crippen LogP contribution is -2.10. The Morgan fingerprint density at radius 1 is 1.55 bits per heavy atom. The number of furan rings is 1. The lowest BCUT2D eigenvalue weighted by Gasteiger charge is -2.08. The van der Waals surface area contributed by atoms with Crippen molar-refractivity contribution in [3.63, 3.8) is 0 Å². The van der Waals surface area contributed by atoms with Gasteiger partial charge in [-0.15, -0.1) is 0 Å². The average Bonchev–Trinajstić information content (AvgIpc) is 2.98. The number of hydrogen-bond donors (Lipinski definition) is 1. The molecule has 0 fully saturated rings. The number of ether oxygens (including phenoxy) is 2. The summed E-state index contributed by atoms with van der Waals surface area (Å²) < 4.78 is 15.9. The van der Waals surface area contributed by atoms with E-state index >= 15 is 0 Å². The number of carbonyl (C=O) groups is 1. The summed E-state index contributed by atoms with van der Waals surface area (Å²) in [4.78, 5) is 16.2. The van der Waals surface area contributed by atoms with Crippen molar-refractivity contribution in [2.24, 2.45) is 0 Å². The number of aromatic nitrogens is 1. The number of fused-ring (bicyclic) bond motifs is 1. The van der Waals surface area contributed by atoms with Crippen LogP contribution in [-0.2, 0) is 11.3 Å². The largest absolute Gasteiger partial charge is 0.442 e.